The summed E-state index contributed by atoms with van der Waals surface area (Å²) in [5.74, 6) is 3.34. The highest BCUT2D eigenvalue weighted by atomic mass is 32.1. The number of hydrogen-bond acceptors (Lipinski definition) is 7. The molecule has 0 unspecified atom stereocenters. The fourth-order valence-electron chi connectivity index (χ4n) is 5.09. The average Bonchev–Trinajstić information content (AvgIpc) is 3.34. The first kappa shape index (κ1) is 30.6. The molecule has 44 heavy (non-hydrogen) atoms. The van der Waals surface area contributed by atoms with Crippen LogP contribution in [-0.2, 0) is 9.53 Å². The predicted octanol–water partition coefficient (Wildman–Crippen LogP) is 5.47. The van der Waals surface area contributed by atoms with E-state index in [1.54, 1.807) is 23.6 Å². The third-order valence-electron chi connectivity index (χ3n) is 7.17. The zero-order chi connectivity index (χ0) is 31.2. The first-order valence-corrected chi connectivity index (χ1v) is 15.4. The number of esters is 1. The van der Waals surface area contributed by atoms with Crippen LogP contribution in [0.5, 0.6) is 11.5 Å². The van der Waals surface area contributed by atoms with Gasteiger partial charge in [-0.1, -0.05) is 91.8 Å². The smallest absolute Gasteiger partial charge is 0.338 e. The molecule has 0 saturated carbocycles. The van der Waals surface area contributed by atoms with Crippen LogP contribution in [0.25, 0.3) is 11.8 Å². The summed E-state index contributed by atoms with van der Waals surface area (Å²) >= 11 is 1.27. The third kappa shape index (κ3) is 6.24. The molecule has 0 bridgehead atoms. The van der Waals surface area contributed by atoms with E-state index in [0.717, 1.165) is 22.3 Å². The minimum atomic E-state index is -0.734. The molecule has 8 heteroatoms. The van der Waals surface area contributed by atoms with Crippen molar-refractivity contribution in [1.82, 2.24) is 4.57 Å². The molecule has 0 spiro atoms. The second-order valence-electron chi connectivity index (χ2n) is 10.4. The Labute approximate surface area is 260 Å². The molecule has 4 aromatic rings. The lowest BCUT2D eigenvalue weighted by molar-refractivity contribution is -0.138. The molecule has 1 aliphatic rings. The molecule has 1 aromatic heterocycles. The Balaban J connectivity index is 1.74. The number of carbonyl (C=O) groups excluding carboxylic acids is 1. The fraction of sp³-hybridized carbons (Fsp3) is 0.250. The maximum Gasteiger partial charge on any atom is 0.338 e. The standard InChI is InChI=1S/C36H34N2O5S/c1-6-20-43-28-19-14-24(21-29(28)41-7-2)22-30-34(39)38-33(27-17-15-25(16-18-27)23(4)5)31(35(40)42-8-3)32(37-36(38)44-30)26-12-10-9-11-13-26/h1,9-19,21-23,33H,7-8,20H2,2-5H3/b30-22-/t33-/m1/s1. The van der Waals surface area contributed by atoms with Crippen LogP contribution in [0, 0.1) is 12.3 Å². The minimum absolute atomic E-state index is 0.114. The SMILES string of the molecule is C#CCOc1ccc(/C=c2\sc3n(c2=O)[C@H](c2ccc(C(C)C)cc2)C(C(=O)OCC)=C(c2ccccc2)N=3)cc1OCC. The van der Waals surface area contributed by atoms with Gasteiger partial charge < -0.3 is 14.2 Å². The van der Waals surface area contributed by atoms with Gasteiger partial charge in [0.15, 0.2) is 16.3 Å². The highest BCUT2D eigenvalue weighted by Gasteiger charge is 2.35. The number of hydrogen-bond donors (Lipinski definition) is 0. The molecule has 2 heterocycles. The molecule has 0 saturated heterocycles. The fourth-order valence-corrected chi connectivity index (χ4v) is 6.09. The predicted molar refractivity (Wildman–Crippen MR) is 174 cm³/mol. The molecule has 0 fully saturated rings. The van der Waals surface area contributed by atoms with Crippen LogP contribution in [-0.4, -0.2) is 30.4 Å². The summed E-state index contributed by atoms with van der Waals surface area (Å²) < 4.78 is 19.0. The van der Waals surface area contributed by atoms with Gasteiger partial charge in [0.05, 0.1) is 35.1 Å². The van der Waals surface area contributed by atoms with Gasteiger partial charge in [0.25, 0.3) is 5.56 Å². The number of rotatable bonds is 10. The summed E-state index contributed by atoms with van der Waals surface area (Å²) in [5, 5.41) is 0. The van der Waals surface area contributed by atoms with Crippen molar-refractivity contribution in [2.45, 2.75) is 39.7 Å². The second-order valence-corrected chi connectivity index (χ2v) is 11.4. The van der Waals surface area contributed by atoms with Gasteiger partial charge >= 0.3 is 5.97 Å². The van der Waals surface area contributed by atoms with Crippen molar-refractivity contribution < 1.29 is 19.0 Å². The normalized spacial score (nSPS) is 14.5. The van der Waals surface area contributed by atoms with Crippen molar-refractivity contribution in [2.24, 2.45) is 4.99 Å². The van der Waals surface area contributed by atoms with Gasteiger partial charge in [-0.15, -0.1) is 6.42 Å². The molecule has 224 valence electrons. The van der Waals surface area contributed by atoms with Crippen molar-refractivity contribution in [3.05, 3.63) is 120 Å². The van der Waals surface area contributed by atoms with Crippen LogP contribution < -0.4 is 24.4 Å². The number of thiazole rings is 1. The van der Waals surface area contributed by atoms with Crippen LogP contribution in [0.3, 0.4) is 0 Å². The van der Waals surface area contributed by atoms with E-state index in [-0.39, 0.29) is 18.8 Å². The Morgan fingerprint density at radius 1 is 1.02 bits per heavy atom. The topological polar surface area (TPSA) is 79.1 Å². The Kier molecular flexibility index (Phi) is 9.47. The van der Waals surface area contributed by atoms with E-state index in [9.17, 15) is 9.59 Å². The van der Waals surface area contributed by atoms with E-state index in [1.165, 1.54) is 11.3 Å². The first-order chi connectivity index (χ1) is 21.4. The summed E-state index contributed by atoms with van der Waals surface area (Å²) in [7, 11) is 0. The number of benzene rings is 3. The molecule has 0 radical (unpaired) electrons. The van der Waals surface area contributed by atoms with Gasteiger partial charge in [0.1, 0.15) is 6.61 Å². The molecular weight excluding hydrogens is 572 g/mol. The molecule has 5 rings (SSSR count). The highest BCUT2D eigenvalue weighted by Crippen LogP contribution is 2.36. The number of terminal acetylenes is 1. The van der Waals surface area contributed by atoms with E-state index in [2.05, 4.69) is 19.8 Å². The molecule has 1 atom stereocenters. The number of fused-ring (bicyclic) bond motifs is 1. The van der Waals surface area contributed by atoms with Crippen molar-refractivity contribution in [2.75, 3.05) is 19.8 Å². The van der Waals surface area contributed by atoms with Gasteiger partial charge in [-0.25, -0.2) is 9.79 Å². The van der Waals surface area contributed by atoms with Gasteiger partial charge in [0, 0.05) is 5.56 Å². The number of nitrogens with zero attached hydrogens (tertiary/aromatic N) is 2. The maximum atomic E-state index is 14.2. The lowest BCUT2D eigenvalue weighted by Gasteiger charge is -2.26. The molecule has 7 nitrogen and oxygen atoms in total. The monoisotopic (exact) mass is 606 g/mol. The Morgan fingerprint density at radius 3 is 2.43 bits per heavy atom. The zero-order valence-corrected chi connectivity index (χ0v) is 26.0. The zero-order valence-electron chi connectivity index (χ0n) is 25.2. The number of ether oxygens (including phenoxy) is 3. The van der Waals surface area contributed by atoms with E-state index in [4.69, 9.17) is 25.6 Å². The molecule has 3 aromatic carbocycles. The molecule has 0 aliphatic carbocycles. The molecule has 0 amide bonds. The summed E-state index contributed by atoms with van der Waals surface area (Å²) in [4.78, 5) is 33.3. The van der Waals surface area contributed by atoms with E-state index in [0.29, 0.717) is 44.6 Å². The largest absolute Gasteiger partial charge is 0.490 e. The van der Waals surface area contributed by atoms with E-state index < -0.39 is 12.0 Å². The van der Waals surface area contributed by atoms with Crippen LogP contribution in [0.15, 0.2) is 88.2 Å². The number of carbonyl (C=O) groups is 1. The van der Waals surface area contributed by atoms with Crippen LogP contribution in [0.2, 0.25) is 0 Å². The Morgan fingerprint density at radius 2 is 1.77 bits per heavy atom. The van der Waals surface area contributed by atoms with Gasteiger partial charge in [-0.05, 0) is 54.7 Å². The van der Waals surface area contributed by atoms with E-state index >= 15 is 0 Å². The Bertz CT molecular complexity index is 1910. The molecule has 1 aliphatic heterocycles. The van der Waals surface area contributed by atoms with Crippen LogP contribution in [0.1, 0.15) is 61.9 Å². The molecule has 0 N–H and O–H groups in total. The van der Waals surface area contributed by atoms with Crippen molar-refractivity contribution in [3.63, 3.8) is 0 Å². The average molecular weight is 607 g/mol. The molecular formula is C36H34N2O5S. The third-order valence-corrected chi connectivity index (χ3v) is 8.15. The first-order valence-electron chi connectivity index (χ1n) is 14.6. The quantitative estimate of drug-likeness (QED) is 0.177. The lowest BCUT2D eigenvalue weighted by atomic mass is 9.91. The van der Waals surface area contributed by atoms with Crippen LogP contribution >= 0.6 is 11.3 Å². The Hall–Kier alpha value is -4.87. The van der Waals surface area contributed by atoms with Gasteiger partial charge in [-0.3, -0.25) is 9.36 Å². The lowest BCUT2D eigenvalue weighted by Crippen LogP contribution is -2.40. The maximum absolute atomic E-state index is 14.2. The summed E-state index contributed by atoms with van der Waals surface area (Å²) in [6, 6.07) is 22.3. The summed E-state index contributed by atoms with van der Waals surface area (Å²) in [6.07, 6.45) is 7.16. The van der Waals surface area contributed by atoms with Crippen LogP contribution in [0.4, 0.5) is 0 Å². The summed E-state index contributed by atoms with van der Waals surface area (Å²) in [6.45, 7) is 8.64. The second kappa shape index (κ2) is 13.6. The highest BCUT2D eigenvalue weighted by molar-refractivity contribution is 7.07. The number of aromatic nitrogens is 1. The van der Waals surface area contributed by atoms with Crippen molar-refractivity contribution >= 4 is 29.1 Å². The summed E-state index contributed by atoms with van der Waals surface area (Å²) in [5.41, 5.74) is 4.02. The van der Waals surface area contributed by atoms with Gasteiger partial charge in [0.2, 0.25) is 0 Å². The van der Waals surface area contributed by atoms with Crippen molar-refractivity contribution in [1.29, 1.82) is 0 Å². The van der Waals surface area contributed by atoms with E-state index in [1.807, 2.05) is 73.7 Å². The van der Waals surface area contributed by atoms with Crippen molar-refractivity contribution in [3.8, 4) is 23.8 Å². The minimum Gasteiger partial charge on any atom is -0.490 e. The van der Waals surface area contributed by atoms with Gasteiger partial charge in [-0.2, -0.15) is 0 Å².